The first-order chi connectivity index (χ1) is 8.25. The predicted molar refractivity (Wildman–Crippen MR) is 70.7 cm³/mol. The van der Waals surface area contributed by atoms with Gasteiger partial charge in [-0.2, -0.15) is 0 Å². The monoisotopic (exact) mass is 233 g/mol. The second kappa shape index (κ2) is 6.18. The van der Waals surface area contributed by atoms with Gasteiger partial charge in [0.1, 0.15) is 0 Å². The van der Waals surface area contributed by atoms with Crippen molar-refractivity contribution in [1.29, 1.82) is 0 Å². The van der Waals surface area contributed by atoms with E-state index in [-0.39, 0.29) is 6.10 Å². The quantitative estimate of drug-likeness (QED) is 0.864. The SMILES string of the molecule is CN(Cc1ccccc1)CC1CCCC[C@H]1O. The standard InChI is InChI=1S/C15H23NO/c1-16(11-13-7-3-2-4-8-13)12-14-9-5-6-10-15(14)17/h2-4,7-8,14-15,17H,5-6,9-12H2,1H3/t14?,15-/m1/s1. The molecule has 2 rings (SSSR count). The summed E-state index contributed by atoms with van der Waals surface area (Å²) in [6.07, 6.45) is 4.56. The molecule has 0 saturated heterocycles. The zero-order chi connectivity index (χ0) is 12.1. The van der Waals surface area contributed by atoms with Gasteiger partial charge in [-0.05, 0) is 31.4 Å². The molecule has 0 heterocycles. The van der Waals surface area contributed by atoms with Gasteiger partial charge < -0.3 is 10.0 Å². The fourth-order valence-corrected chi connectivity index (χ4v) is 2.76. The minimum absolute atomic E-state index is 0.0815. The molecule has 1 N–H and O–H groups in total. The summed E-state index contributed by atoms with van der Waals surface area (Å²) in [5, 5.41) is 9.96. The Morgan fingerprint density at radius 3 is 2.59 bits per heavy atom. The zero-order valence-corrected chi connectivity index (χ0v) is 10.7. The maximum Gasteiger partial charge on any atom is 0.0580 e. The molecule has 17 heavy (non-hydrogen) atoms. The van der Waals surface area contributed by atoms with Gasteiger partial charge in [0.05, 0.1) is 6.10 Å². The molecule has 0 amide bonds. The van der Waals surface area contributed by atoms with Crippen LogP contribution in [0.15, 0.2) is 30.3 Å². The van der Waals surface area contributed by atoms with Crippen LogP contribution >= 0.6 is 0 Å². The van der Waals surface area contributed by atoms with Crippen molar-refractivity contribution in [3.8, 4) is 0 Å². The molecule has 0 spiro atoms. The van der Waals surface area contributed by atoms with Crippen molar-refractivity contribution in [1.82, 2.24) is 4.90 Å². The molecule has 2 heteroatoms. The van der Waals surface area contributed by atoms with E-state index >= 15 is 0 Å². The van der Waals surface area contributed by atoms with Gasteiger partial charge >= 0.3 is 0 Å². The Bertz CT molecular complexity index is 325. The molecule has 1 aromatic carbocycles. The van der Waals surface area contributed by atoms with Crippen molar-refractivity contribution >= 4 is 0 Å². The molecule has 1 unspecified atom stereocenters. The van der Waals surface area contributed by atoms with E-state index < -0.39 is 0 Å². The molecule has 2 nitrogen and oxygen atoms in total. The smallest absolute Gasteiger partial charge is 0.0580 e. The largest absolute Gasteiger partial charge is 0.393 e. The average Bonchev–Trinajstić information content (AvgIpc) is 2.33. The third-order valence-electron chi connectivity index (χ3n) is 3.71. The second-order valence-electron chi connectivity index (χ2n) is 5.29. The zero-order valence-electron chi connectivity index (χ0n) is 10.7. The minimum Gasteiger partial charge on any atom is -0.393 e. The summed E-state index contributed by atoms with van der Waals surface area (Å²) in [6.45, 7) is 1.99. The number of aliphatic hydroxyl groups excluding tert-OH is 1. The summed E-state index contributed by atoms with van der Waals surface area (Å²) in [7, 11) is 2.15. The van der Waals surface area contributed by atoms with Gasteiger partial charge in [0.25, 0.3) is 0 Å². The highest BCUT2D eigenvalue weighted by Crippen LogP contribution is 2.25. The number of hydrogen-bond acceptors (Lipinski definition) is 2. The summed E-state index contributed by atoms with van der Waals surface area (Å²) in [5.41, 5.74) is 1.35. The van der Waals surface area contributed by atoms with Gasteiger partial charge in [-0.25, -0.2) is 0 Å². The van der Waals surface area contributed by atoms with E-state index in [1.165, 1.54) is 24.8 Å². The third kappa shape index (κ3) is 3.83. The highest BCUT2D eigenvalue weighted by Gasteiger charge is 2.23. The Hall–Kier alpha value is -0.860. The number of benzene rings is 1. The van der Waals surface area contributed by atoms with Crippen LogP contribution in [0.3, 0.4) is 0 Å². The molecule has 1 aliphatic rings. The van der Waals surface area contributed by atoms with Crippen LogP contribution in [0.25, 0.3) is 0 Å². The normalized spacial score (nSPS) is 25.1. The molecule has 0 radical (unpaired) electrons. The van der Waals surface area contributed by atoms with Crippen LogP contribution in [0.4, 0.5) is 0 Å². The second-order valence-corrected chi connectivity index (χ2v) is 5.29. The first kappa shape index (κ1) is 12.6. The van der Waals surface area contributed by atoms with E-state index in [1.807, 2.05) is 6.07 Å². The Balaban J connectivity index is 1.82. The van der Waals surface area contributed by atoms with Crippen LogP contribution in [0.2, 0.25) is 0 Å². The molecule has 1 fully saturated rings. The van der Waals surface area contributed by atoms with Crippen molar-refractivity contribution in [3.05, 3.63) is 35.9 Å². The van der Waals surface area contributed by atoms with Gasteiger partial charge in [-0.1, -0.05) is 43.2 Å². The molecule has 1 aromatic rings. The van der Waals surface area contributed by atoms with E-state index in [2.05, 4.69) is 36.2 Å². The van der Waals surface area contributed by atoms with Crippen LogP contribution in [0.5, 0.6) is 0 Å². The lowest BCUT2D eigenvalue weighted by molar-refractivity contribution is 0.0502. The van der Waals surface area contributed by atoms with Gasteiger partial charge in [-0.15, -0.1) is 0 Å². The maximum absolute atomic E-state index is 9.96. The van der Waals surface area contributed by atoms with Crippen LogP contribution in [-0.4, -0.2) is 29.7 Å². The summed E-state index contributed by atoms with van der Waals surface area (Å²) < 4.78 is 0. The van der Waals surface area contributed by atoms with Crippen molar-refractivity contribution in [2.45, 2.75) is 38.3 Å². The molecule has 0 aromatic heterocycles. The van der Waals surface area contributed by atoms with Crippen molar-refractivity contribution in [2.24, 2.45) is 5.92 Å². The van der Waals surface area contributed by atoms with E-state index in [0.29, 0.717) is 5.92 Å². The number of aliphatic hydroxyl groups is 1. The van der Waals surface area contributed by atoms with Crippen LogP contribution in [0, 0.1) is 5.92 Å². The molecule has 0 bridgehead atoms. The van der Waals surface area contributed by atoms with Crippen LogP contribution < -0.4 is 0 Å². The Kier molecular flexibility index (Phi) is 4.57. The van der Waals surface area contributed by atoms with Crippen LogP contribution in [-0.2, 0) is 6.54 Å². The number of rotatable bonds is 4. The van der Waals surface area contributed by atoms with Gasteiger partial charge in [0.15, 0.2) is 0 Å². The molecule has 1 aliphatic carbocycles. The summed E-state index contributed by atoms with van der Waals surface area (Å²) in [4.78, 5) is 2.33. The van der Waals surface area contributed by atoms with Gasteiger partial charge in [0, 0.05) is 13.1 Å². The van der Waals surface area contributed by atoms with Crippen molar-refractivity contribution < 1.29 is 5.11 Å². The van der Waals surface area contributed by atoms with Crippen LogP contribution in [0.1, 0.15) is 31.2 Å². The van der Waals surface area contributed by atoms with E-state index in [0.717, 1.165) is 19.5 Å². The lowest BCUT2D eigenvalue weighted by Crippen LogP contribution is -2.34. The Labute approximate surface area is 104 Å². The highest BCUT2D eigenvalue weighted by atomic mass is 16.3. The highest BCUT2D eigenvalue weighted by molar-refractivity contribution is 5.14. The fourth-order valence-electron chi connectivity index (χ4n) is 2.76. The van der Waals surface area contributed by atoms with Gasteiger partial charge in [-0.3, -0.25) is 0 Å². The maximum atomic E-state index is 9.96. The molecular formula is C15H23NO. The predicted octanol–water partition coefficient (Wildman–Crippen LogP) is 2.67. The molecule has 2 atom stereocenters. The lowest BCUT2D eigenvalue weighted by atomic mass is 9.86. The molecule has 94 valence electrons. The first-order valence-corrected chi connectivity index (χ1v) is 6.66. The molecule has 1 saturated carbocycles. The third-order valence-corrected chi connectivity index (χ3v) is 3.71. The molecular weight excluding hydrogens is 210 g/mol. The average molecular weight is 233 g/mol. The number of hydrogen-bond donors (Lipinski definition) is 1. The van der Waals surface area contributed by atoms with E-state index in [9.17, 15) is 5.11 Å². The summed E-state index contributed by atoms with van der Waals surface area (Å²) >= 11 is 0. The van der Waals surface area contributed by atoms with Crippen molar-refractivity contribution in [2.75, 3.05) is 13.6 Å². The van der Waals surface area contributed by atoms with E-state index in [4.69, 9.17) is 0 Å². The fraction of sp³-hybridized carbons (Fsp3) is 0.600. The van der Waals surface area contributed by atoms with Gasteiger partial charge in [0.2, 0.25) is 0 Å². The summed E-state index contributed by atoms with van der Waals surface area (Å²) in [6, 6.07) is 10.5. The molecule has 0 aliphatic heterocycles. The number of nitrogens with zero attached hydrogens (tertiary/aromatic N) is 1. The Morgan fingerprint density at radius 1 is 1.18 bits per heavy atom. The van der Waals surface area contributed by atoms with E-state index in [1.54, 1.807) is 0 Å². The van der Waals surface area contributed by atoms with Crippen molar-refractivity contribution in [3.63, 3.8) is 0 Å². The summed E-state index contributed by atoms with van der Waals surface area (Å²) in [5.74, 6) is 0.470. The minimum atomic E-state index is -0.0815. The first-order valence-electron chi connectivity index (χ1n) is 6.66. The lowest BCUT2D eigenvalue weighted by Gasteiger charge is -2.31. The topological polar surface area (TPSA) is 23.5 Å². The Morgan fingerprint density at radius 2 is 1.88 bits per heavy atom.